The summed E-state index contributed by atoms with van der Waals surface area (Å²) in [7, 11) is 3.04. The largest absolute Gasteiger partial charge is 0.493 e. The van der Waals surface area contributed by atoms with Gasteiger partial charge in [-0.3, -0.25) is 9.59 Å². The normalized spacial score (nSPS) is 10.8. The average molecular weight is 438 g/mol. The minimum absolute atomic E-state index is 0.00391. The van der Waals surface area contributed by atoms with Gasteiger partial charge >= 0.3 is 0 Å². The fourth-order valence-electron chi connectivity index (χ4n) is 3.54. The molecule has 3 aromatic rings. The summed E-state index contributed by atoms with van der Waals surface area (Å²) < 4.78 is 10.7. The summed E-state index contributed by atoms with van der Waals surface area (Å²) >= 11 is 0. The molecule has 0 bridgehead atoms. The molecule has 0 radical (unpaired) electrons. The van der Waals surface area contributed by atoms with Crippen LogP contribution in [-0.4, -0.2) is 49.3 Å². The van der Waals surface area contributed by atoms with Crippen molar-refractivity contribution in [2.24, 2.45) is 5.73 Å². The molecule has 6 N–H and O–H groups in total. The van der Waals surface area contributed by atoms with Gasteiger partial charge < -0.3 is 31.4 Å². The number of amides is 2. The number of hydrogen-bond donors (Lipinski definition) is 4. The summed E-state index contributed by atoms with van der Waals surface area (Å²) in [4.78, 5) is 29.4. The number of anilines is 1. The van der Waals surface area contributed by atoms with E-state index in [2.05, 4.69) is 5.32 Å². The van der Waals surface area contributed by atoms with Gasteiger partial charge in [0.15, 0.2) is 11.5 Å². The van der Waals surface area contributed by atoms with Crippen LogP contribution in [0.5, 0.6) is 11.5 Å². The Morgan fingerprint density at radius 2 is 1.81 bits per heavy atom. The smallest absolute Gasteiger partial charge is 0.250 e. The van der Waals surface area contributed by atoms with Crippen molar-refractivity contribution in [3.8, 4) is 22.8 Å². The number of nitrogen functional groups attached to an aromatic ring is 1. The minimum atomic E-state index is -0.658. The second kappa shape index (κ2) is 9.52. The Bertz CT molecular complexity index is 1190. The van der Waals surface area contributed by atoms with Crippen LogP contribution in [0, 0.1) is 6.92 Å². The van der Waals surface area contributed by atoms with Crippen LogP contribution in [0.4, 0.5) is 5.69 Å². The highest BCUT2D eigenvalue weighted by molar-refractivity contribution is 6.03. The van der Waals surface area contributed by atoms with Gasteiger partial charge in [-0.2, -0.15) is 0 Å². The number of carbonyl (C=O) groups is 2. The van der Waals surface area contributed by atoms with E-state index in [-0.39, 0.29) is 31.0 Å². The zero-order valence-electron chi connectivity index (χ0n) is 18.2. The van der Waals surface area contributed by atoms with Crippen molar-refractivity contribution in [1.82, 2.24) is 10.3 Å². The molecule has 1 heterocycles. The molecule has 1 aromatic heterocycles. The molecule has 0 fully saturated rings. The number of ether oxygens (including phenoxy) is 2. The standard InChI is InChI=1S/C23H26N4O5/c1-12-15(10-21(29)26-6-7-28)14(4-5-17(12)24)22-16(23(25)30)8-13-9-19(31-2)20(32-3)11-18(13)27-22/h4-5,8-9,11,28H,6-7,10,24H2,1-3H3,(H2,25,30)(H,26,29). The van der Waals surface area contributed by atoms with Crippen molar-refractivity contribution in [1.29, 1.82) is 0 Å². The van der Waals surface area contributed by atoms with Crippen molar-refractivity contribution in [2.75, 3.05) is 33.1 Å². The number of nitrogens with two attached hydrogens (primary N) is 2. The van der Waals surface area contributed by atoms with E-state index in [4.69, 9.17) is 31.0 Å². The van der Waals surface area contributed by atoms with Gasteiger partial charge in [0.1, 0.15) is 0 Å². The molecule has 32 heavy (non-hydrogen) atoms. The summed E-state index contributed by atoms with van der Waals surface area (Å²) in [6.07, 6.45) is -0.00391. The zero-order valence-corrected chi connectivity index (χ0v) is 18.2. The van der Waals surface area contributed by atoms with Gasteiger partial charge in [-0.15, -0.1) is 0 Å². The Balaban J connectivity index is 2.25. The maximum absolute atomic E-state index is 12.4. The molecule has 0 unspecified atom stereocenters. The molecule has 2 aromatic carbocycles. The first-order valence-electron chi connectivity index (χ1n) is 9.93. The molecule has 168 valence electrons. The quantitative estimate of drug-likeness (QED) is 0.390. The molecule has 2 amide bonds. The van der Waals surface area contributed by atoms with Crippen LogP contribution >= 0.6 is 0 Å². The number of pyridine rings is 1. The van der Waals surface area contributed by atoms with Gasteiger partial charge in [-0.05, 0) is 36.2 Å². The molecule has 0 saturated carbocycles. The molecule has 0 atom stereocenters. The SMILES string of the molecule is COc1cc2cc(C(N)=O)c(-c3ccc(N)c(C)c3CC(=O)NCCO)nc2cc1OC. The van der Waals surface area contributed by atoms with E-state index in [1.807, 2.05) is 0 Å². The fraction of sp³-hybridized carbons (Fsp3) is 0.261. The van der Waals surface area contributed by atoms with E-state index >= 15 is 0 Å². The topological polar surface area (TPSA) is 150 Å². The number of nitrogens with zero attached hydrogens (tertiary/aromatic N) is 1. The first kappa shape index (κ1) is 22.8. The van der Waals surface area contributed by atoms with Crippen molar-refractivity contribution in [3.63, 3.8) is 0 Å². The van der Waals surface area contributed by atoms with Crippen LogP contribution in [0.15, 0.2) is 30.3 Å². The average Bonchev–Trinajstić information content (AvgIpc) is 2.78. The number of methoxy groups -OCH3 is 2. The molecule has 0 aliphatic rings. The zero-order chi connectivity index (χ0) is 23.4. The maximum Gasteiger partial charge on any atom is 0.250 e. The van der Waals surface area contributed by atoms with Crippen LogP contribution in [0.3, 0.4) is 0 Å². The predicted octanol–water partition coefficient (Wildman–Crippen LogP) is 1.56. The van der Waals surface area contributed by atoms with E-state index < -0.39 is 5.91 Å². The summed E-state index contributed by atoms with van der Waals surface area (Å²) in [6.45, 7) is 1.77. The first-order chi connectivity index (χ1) is 15.3. The Labute approximate surface area is 185 Å². The van der Waals surface area contributed by atoms with Crippen LogP contribution < -0.4 is 26.3 Å². The van der Waals surface area contributed by atoms with Gasteiger partial charge in [0, 0.05) is 29.2 Å². The summed E-state index contributed by atoms with van der Waals surface area (Å²) in [5, 5.41) is 12.3. The Morgan fingerprint density at radius 1 is 1.12 bits per heavy atom. The number of rotatable bonds is 8. The van der Waals surface area contributed by atoms with Gasteiger partial charge in [0.05, 0.1) is 44.0 Å². The van der Waals surface area contributed by atoms with E-state index in [0.29, 0.717) is 50.5 Å². The summed E-state index contributed by atoms with van der Waals surface area (Å²) in [5.41, 5.74) is 15.3. The van der Waals surface area contributed by atoms with Gasteiger partial charge in [-0.1, -0.05) is 6.07 Å². The molecule has 0 spiro atoms. The fourth-order valence-corrected chi connectivity index (χ4v) is 3.54. The number of aromatic nitrogens is 1. The van der Waals surface area contributed by atoms with E-state index in [1.165, 1.54) is 14.2 Å². The van der Waals surface area contributed by atoms with E-state index in [9.17, 15) is 9.59 Å². The van der Waals surface area contributed by atoms with Crippen LogP contribution in [0.2, 0.25) is 0 Å². The molecule has 9 heteroatoms. The monoisotopic (exact) mass is 438 g/mol. The Hall–Kier alpha value is -3.85. The molecular formula is C23H26N4O5. The highest BCUT2D eigenvalue weighted by Crippen LogP contribution is 2.36. The van der Waals surface area contributed by atoms with E-state index in [0.717, 1.165) is 0 Å². The molecule has 9 nitrogen and oxygen atoms in total. The molecular weight excluding hydrogens is 412 g/mol. The number of aliphatic hydroxyl groups is 1. The van der Waals surface area contributed by atoms with Crippen LogP contribution in [0.25, 0.3) is 22.2 Å². The second-order valence-electron chi connectivity index (χ2n) is 7.20. The van der Waals surface area contributed by atoms with Crippen molar-refractivity contribution < 1.29 is 24.2 Å². The number of primary amides is 1. The van der Waals surface area contributed by atoms with Crippen molar-refractivity contribution >= 4 is 28.4 Å². The number of hydrogen-bond acceptors (Lipinski definition) is 7. The lowest BCUT2D eigenvalue weighted by atomic mass is 9.92. The predicted molar refractivity (Wildman–Crippen MR) is 122 cm³/mol. The lowest BCUT2D eigenvalue weighted by molar-refractivity contribution is -0.120. The van der Waals surface area contributed by atoms with Gasteiger partial charge in [0.25, 0.3) is 5.91 Å². The summed E-state index contributed by atoms with van der Waals surface area (Å²) in [5.74, 6) is 0.0353. The molecule has 0 aliphatic carbocycles. The lowest BCUT2D eigenvalue weighted by Crippen LogP contribution is -2.28. The molecule has 0 saturated heterocycles. The van der Waals surface area contributed by atoms with E-state index in [1.54, 1.807) is 37.3 Å². The maximum atomic E-state index is 12.4. The van der Waals surface area contributed by atoms with Crippen molar-refractivity contribution in [2.45, 2.75) is 13.3 Å². The second-order valence-corrected chi connectivity index (χ2v) is 7.20. The Kier molecular flexibility index (Phi) is 6.79. The third-order valence-corrected chi connectivity index (χ3v) is 5.25. The third-order valence-electron chi connectivity index (χ3n) is 5.25. The number of aliphatic hydroxyl groups excluding tert-OH is 1. The number of nitrogens with one attached hydrogen (secondary N) is 1. The number of carbonyl (C=O) groups excluding carboxylic acids is 2. The van der Waals surface area contributed by atoms with Gasteiger partial charge in [0.2, 0.25) is 5.91 Å². The Morgan fingerprint density at radius 3 is 2.44 bits per heavy atom. The van der Waals surface area contributed by atoms with Crippen LogP contribution in [0.1, 0.15) is 21.5 Å². The first-order valence-corrected chi connectivity index (χ1v) is 9.93. The minimum Gasteiger partial charge on any atom is -0.493 e. The summed E-state index contributed by atoms with van der Waals surface area (Å²) in [6, 6.07) is 8.49. The molecule has 0 aliphatic heterocycles. The number of fused-ring (bicyclic) bond motifs is 1. The highest BCUT2D eigenvalue weighted by atomic mass is 16.5. The van der Waals surface area contributed by atoms with Crippen molar-refractivity contribution in [3.05, 3.63) is 47.0 Å². The van der Waals surface area contributed by atoms with Gasteiger partial charge in [-0.25, -0.2) is 4.98 Å². The lowest BCUT2D eigenvalue weighted by Gasteiger charge is -2.17. The molecule has 3 rings (SSSR count). The third kappa shape index (κ3) is 4.42. The van der Waals surface area contributed by atoms with Crippen LogP contribution in [-0.2, 0) is 11.2 Å². The highest BCUT2D eigenvalue weighted by Gasteiger charge is 2.21. The number of benzene rings is 2.